The van der Waals surface area contributed by atoms with Crippen LogP contribution in [0.4, 0.5) is 0 Å². The maximum Gasteiger partial charge on any atom is 0.242 e. The molecule has 0 fully saturated rings. The molecule has 0 radical (unpaired) electrons. The second kappa shape index (κ2) is 12.1. The second-order valence-corrected chi connectivity index (χ2v) is 8.09. The third-order valence-electron chi connectivity index (χ3n) is 5.50. The number of hydrogen-bond acceptors (Lipinski definition) is 3. The zero-order valence-electron chi connectivity index (χ0n) is 19.5. The maximum atomic E-state index is 13.3. The van der Waals surface area contributed by atoms with Crippen molar-refractivity contribution in [3.8, 4) is 5.75 Å². The summed E-state index contributed by atoms with van der Waals surface area (Å²) in [7, 11) is 1.62. The van der Waals surface area contributed by atoms with Crippen LogP contribution in [0.15, 0.2) is 48.5 Å². The van der Waals surface area contributed by atoms with Crippen molar-refractivity contribution in [3.05, 3.63) is 65.2 Å². The number of nitrogens with zero attached hydrogens (tertiary/aromatic N) is 1. The lowest BCUT2D eigenvalue weighted by Gasteiger charge is -2.30. The van der Waals surface area contributed by atoms with Gasteiger partial charge in [-0.05, 0) is 54.5 Å². The monoisotopic (exact) mass is 424 g/mol. The van der Waals surface area contributed by atoms with Gasteiger partial charge < -0.3 is 15.0 Å². The van der Waals surface area contributed by atoms with E-state index < -0.39 is 6.04 Å². The van der Waals surface area contributed by atoms with E-state index in [1.807, 2.05) is 38.1 Å². The SMILES string of the molecule is CCNC(=O)[C@@H](CC)N(Cc1cccc(OC)c1)C(=O)CCc1ccc(C(C)C)cc1. The number of methoxy groups -OCH3 is 1. The van der Waals surface area contributed by atoms with Gasteiger partial charge in [0.1, 0.15) is 11.8 Å². The maximum absolute atomic E-state index is 13.3. The first-order chi connectivity index (χ1) is 14.9. The number of likely N-dealkylation sites (N-methyl/N-ethyl adjacent to an activating group) is 1. The van der Waals surface area contributed by atoms with Gasteiger partial charge in [0.15, 0.2) is 0 Å². The lowest BCUT2D eigenvalue weighted by molar-refractivity contribution is -0.141. The fourth-order valence-electron chi connectivity index (χ4n) is 3.64. The summed E-state index contributed by atoms with van der Waals surface area (Å²) in [5.41, 5.74) is 3.36. The van der Waals surface area contributed by atoms with E-state index in [0.717, 1.165) is 16.9 Å². The molecule has 2 rings (SSSR count). The van der Waals surface area contributed by atoms with E-state index in [0.29, 0.717) is 38.3 Å². The number of carbonyl (C=O) groups excluding carboxylic acids is 2. The lowest BCUT2D eigenvalue weighted by atomic mass is 10.00. The number of aryl methyl sites for hydroxylation is 1. The molecular weight excluding hydrogens is 388 g/mol. The molecule has 1 N–H and O–H groups in total. The smallest absolute Gasteiger partial charge is 0.242 e. The molecule has 168 valence electrons. The molecule has 2 aromatic carbocycles. The lowest BCUT2D eigenvalue weighted by Crippen LogP contribution is -2.49. The van der Waals surface area contributed by atoms with E-state index in [1.54, 1.807) is 12.0 Å². The largest absolute Gasteiger partial charge is 0.497 e. The van der Waals surface area contributed by atoms with E-state index in [1.165, 1.54) is 5.56 Å². The predicted octanol–water partition coefficient (Wildman–Crippen LogP) is 4.69. The van der Waals surface area contributed by atoms with E-state index in [2.05, 4.69) is 43.4 Å². The summed E-state index contributed by atoms with van der Waals surface area (Å²) in [6, 6.07) is 15.6. The van der Waals surface area contributed by atoms with Crippen LogP contribution in [0.1, 0.15) is 63.1 Å². The van der Waals surface area contributed by atoms with Crippen molar-refractivity contribution in [2.45, 2.75) is 65.5 Å². The minimum Gasteiger partial charge on any atom is -0.497 e. The predicted molar refractivity (Wildman–Crippen MR) is 125 cm³/mol. The van der Waals surface area contributed by atoms with Crippen LogP contribution in [0.25, 0.3) is 0 Å². The first kappa shape index (κ1) is 24.4. The number of carbonyl (C=O) groups is 2. The highest BCUT2D eigenvalue weighted by molar-refractivity contribution is 5.87. The second-order valence-electron chi connectivity index (χ2n) is 8.09. The molecule has 0 saturated heterocycles. The molecule has 0 aliphatic carbocycles. The first-order valence-corrected chi connectivity index (χ1v) is 11.2. The average Bonchev–Trinajstić information content (AvgIpc) is 2.77. The van der Waals surface area contributed by atoms with Gasteiger partial charge in [0.2, 0.25) is 11.8 Å². The Kier molecular flexibility index (Phi) is 9.57. The molecule has 0 spiro atoms. The van der Waals surface area contributed by atoms with Crippen LogP contribution in [0.3, 0.4) is 0 Å². The van der Waals surface area contributed by atoms with Gasteiger partial charge in [0.25, 0.3) is 0 Å². The van der Waals surface area contributed by atoms with Crippen molar-refractivity contribution in [1.82, 2.24) is 10.2 Å². The summed E-state index contributed by atoms with van der Waals surface area (Å²) >= 11 is 0. The van der Waals surface area contributed by atoms with Crippen molar-refractivity contribution in [1.29, 1.82) is 0 Å². The summed E-state index contributed by atoms with van der Waals surface area (Å²) in [5, 5.41) is 2.87. The van der Waals surface area contributed by atoms with Gasteiger partial charge in [-0.25, -0.2) is 0 Å². The topological polar surface area (TPSA) is 58.6 Å². The van der Waals surface area contributed by atoms with Crippen LogP contribution in [-0.2, 0) is 22.6 Å². The standard InChI is InChI=1S/C26H36N2O3/c1-6-24(26(30)27-7-2)28(18-21-9-8-10-23(17-21)31-5)25(29)16-13-20-11-14-22(15-12-20)19(3)4/h8-12,14-15,17,19,24H,6-7,13,16,18H2,1-5H3,(H,27,30)/t24-/m1/s1. The number of amides is 2. The Bertz CT molecular complexity index is 846. The van der Waals surface area contributed by atoms with Crippen LogP contribution >= 0.6 is 0 Å². The normalized spacial score (nSPS) is 11.8. The molecule has 31 heavy (non-hydrogen) atoms. The number of benzene rings is 2. The highest BCUT2D eigenvalue weighted by Gasteiger charge is 2.28. The minimum absolute atomic E-state index is 0.0196. The summed E-state index contributed by atoms with van der Waals surface area (Å²) < 4.78 is 5.32. The molecule has 0 aliphatic rings. The molecular formula is C26H36N2O3. The van der Waals surface area contributed by atoms with Gasteiger partial charge in [0.05, 0.1) is 7.11 Å². The van der Waals surface area contributed by atoms with Crippen LogP contribution in [0.5, 0.6) is 5.75 Å². The number of rotatable bonds is 11. The molecule has 5 nitrogen and oxygen atoms in total. The van der Waals surface area contributed by atoms with Gasteiger partial charge in [-0.15, -0.1) is 0 Å². The van der Waals surface area contributed by atoms with Crippen LogP contribution in [0, 0.1) is 0 Å². The van der Waals surface area contributed by atoms with E-state index >= 15 is 0 Å². The first-order valence-electron chi connectivity index (χ1n) is 11.2. The molecule has 2 aromatic rings. The van der Waals surface area contributed by atoms with E-state index in [-0.39, 0.29) is 11.8 Å². The van der Waals surface area contributed by atoms with Crippen LogP contribution in [0.2, 0.25) is 0 Å². The van der Waals surface area contributed by atoms with Crippen molar-refractivity contribution in [3.63, 3.8) is 0 Å². The van der Waals surface area contributed by atoms with Crippen LogP contribution in [-0.4, -0.2) is 36.4 Å². The zero-order chi connectivity index (χ0) is 22.8. The fraction of sp³-hybridized carbons (Fsp3) is 0.462. The van der Waals surface area contributed by atoms with Crippen LogP contribution < -0.4 is 10.1 Å². The molecule has 0 aromatic heterocycles. The minimum atomic E-state index is -0.498. The van der Waals surface area contributed by atoms with E-state index in [4.69, 9.17) is 4.74 Å². The Morgan fingerprint density at radius 3 is 2.32 bits per heavy atom. The summed E-state index contributed by atoms with van der Waals surface area (Å²) in [6.07, 6.45) is 1.57. The van der Waals surface area contributed by atoms with Gasteiger partial charge in [-0.1, -0.05) is 57.2 Å². The van der Waals surface area contributed by atoms with Gasteiger partial charge in [-0.3, -0.25) is 9.59 Å². The third kappa shape index (κ3) is 7.12. The average molecular weight is 425 g/mol. The highest BCUT2D eigenvalue weighted by Crippen LogP contribution is 2.19. The molecule has 5 heteroatoms. The summed E-state index contributed by atoms with van der Waals surface area (Å²) in [6.45, 7) is 9.08. The van der Waals surface area contributed by atoms with E-state index in [9.17, 15) is 9.59 Å². The number of ether oxygens (including phenoxy) is 1. The quantitative estimate of drug-likeness (QED) is 0.569. The Hall–Kier alpha value is -2.82. The van der Waals surface area contributed by atoms with Crippen molar-refractivity contribution in [2.24, 2.45) is 0 Å². The molecule has 0 unspecified atom stereocenters. The van der Waals surface area contributed by atoms with Crippen molar-refractivity contribution < 1.29 is 14.3 Å². The highest BCUT2D eigenvalue weighted by atomic mass is 16.5. The molecule has 0 bridgehead atoms. The fourth-order valence-corrected chi connectivity index (χ4v) is 3.64. The molecule has 2 amide bonds. The van der Waals surface area contributed by atoms with Crippen molar-refractivity contribution in [2.75, 3.05) is 13.7 Å². The number of hydrogen-bond donors (Lipinski definition) is 1. The third-order valence-corrected chi connectivity index (χ3v) is 5.50. The summed E-state index contributed by atoms with van der Waals surface area (Å²) in [5.74, 6) is 1.09. The van der Waals surface area contributed by atoms with Gasteiger partial charge >= 0.3 is 0 Å². The molecule has 1 atom stereocenters. The zero-order valence-corrected chi connectivity index (χ0v) is 19.5. The Morgan fingerprint density at radius 2 is 1.74 bits per heavy atom. The molecule has 0 saturated carbocycles. The molecule has 0 heterocycles. The Labute approximate surface area is 186 Å². The van der Waals surface area contributed by atoms with Gasteiger partial charge in [0, 0.05) is 19.5 Å². The Morgan fingerprint density at radius 1 is 1.03 bits per heavy atom. The summed E-state index contributed by atoms with van der Waals surface area (Å²) in [4.78, 5) is 27.7. The van der Waals surface area contributed by atoms with Gasteiger partial charge in [-0.2, -0.15) is 0 Å². The van der Waals surface area contributed by atoms with Crippen molar-refractivity contribution >= 4 is 11.8 Å². The number of nitrogens with one attached hydrogen (secondary N) is 1. The Balaban J connectivity index is 2.18. The molecule has 0 aliphatic heterocycles.